The Morgan fingerprint density at radius 3 is 2.61 bits per heavy atom. The Morgan fingerprint density at radius 1 is 1.22 bits per heavy atom. The Morgan fingerprint density at radius 2 is 1.97 bits per heavy atom. The first kappa shape index (κ1) is 25.6. The van der Waals surface area contributed by atoms with Crippen LogP contribution in [0.1, 0.15) is 49.8 Å². The van der Waals surface area contributed by atoms with Gasteiger partial charge in [0.1, 0.15) is 34.4 Å². The number of anilines is 1. The standard InChI is InChI=1S/C22H28FN7O5S/c1-21(2)19(29-20(32)33)30-22(3,14-6-5-9-26-36(14,21)34)17-12(23)7-8-15(27-17)28-18(31)13-10-25-16(35-4)11-24-13/h7-8,10-11,14,36H,5-6,9H2,1-4H3,(H,26,34)(H,29,30)(H,32,33)(H,27,28,31)/t14-,22+/m1/s1. The second-order valence-corrected chi connectivity index (χ2v) is 12.6. The maximum absolute atomic E-state index is 15.3. The van der Waals surface area contributed by atoms with E-state index in [0.717, 1.165) is 6.07 Å². The number of nitrogens with zero attached hydrogens (tertiary/aromatic N) is 4. The summed E-state index contributed by atoms with van der Waals surface area (Å²) in [5, 5.41) is 13.6. The summed E-state index contributed by atoms with van der Waals surface area (Å²) in [6.07, 6.45) is 2.27. The minimum absolute atomic E-state index is 0.0129. The molecular weight excluding hydrogens is 493 g/mol. The number of carbonyl (C=O) groups is 2. The third-order valence-corrected chi connectivity index (χ3v) is 10.9. The van der Waals surface area contributed by atoms with E-state index >= 15 is 4.39 Å². The van der Waals surface area contributed by atoms with Gasteiger partial charge in [-0.05, 0) is 55.9 Å². The highest BCUT2D eigenvalue weighted by atomic mass is 32.3. The molecule has 36 heavy (non-hydrogen) atoms. The van der Waals surface area contributed by atoms with Crippen LogP contribution in [-0.2, 0) is 15.7 Å². The van der Waals surface area contributed by atoms with E-state index in [1.54, 1.807) is 20.8 Å². The number of pyridine rings is 1. The molecule has 4 heterocycles. The van der Waals surface area contributed by atoms with Gasteiger partial charge in [0, 0.05) is 6.54 Å². The van der Waals surface area contributed by atoms with Crippen molar-refractivity contribution in [2.24, 2.45) is 4.99 Å². The molecule has 2 aromatic rings. The van der Waals surface area contributed by atoms with Gasteiger partial charge in [0.25, 0.3) is 5.91 Å². The van der Waals surface area contributed by atoms with E-state index in [9.17, 15) is 18.9 Å². The summed E-state index contributed by atoms with van der Waals surface area (Å²) in [7, 11) is -1.95. The van der Waals surface area contributed by atoms with Gasteiger partial charge in [-0.3, -0.25) is 24.0 Å². The molecule has 0 bridgehead atoms. The van der Waals surface area contributed by atoms with Gasteiger partial charge in [-0.2, -0.15) is 0 Å². The summed E-state index contributed by atoms with van der Waals surface area (Å²) in [6, 6.07) is 2.41. The Balaban J connectivity index is 1.78. The van der Waals surface area contributed by atoms with Crippen LogP contribution >= 0.6 is 0 Å². The van der Waals surface area contributed by atoms with Gasteiger partial charge in [-0.1, -0.05) is 0 Å². The van der Waals surface area contributed by atoms with Crippen LogP contribution in [0.3, 0.4) is 0 Å². The van der Waals surface area contributed by atoms with Crippen LogP contribution in [-0.4, -0.2) is 65.8 Å². The van der Waals surface area contributed by atoms with Crippen molar-refractivity contribution in [3.05, 3.63) is 41.7 Å². The van der Waals surface area contributed by atoms with E-state index in [1.165, 1.54) is 25.6 Å². The van der Waals surface area contributed by atoms with E-state index in [4.69, 9.17) is 4.74 Å². The number of nitrogens with one attached hydrogen (secondary N) is 3. The van der Waals surface area contributed by atoms with Crippen LogP contribution in [0.4, 0.5) is 15.0 Å². The zero-order chi connectivity index (χ0) is 26.3. The van der Waals surface area contributed by atoms with Crippen LogP contribution in [0, 0.1) is 5.82 Å². The van der Waals surface area contributed by atoms with Crippen LogP contribution in [0.25, 0.3) is 0 Å². The lowest BCUT2D eigenvalue weighted by atomic mass is 9.88. The lowest BCUT2D eigenvalue weighted by Gasteiger charge is -2.56. The maximum atomic E-state index is 15.3. The number of aliphatic imine (C=N–C) groups is 1. The first-order valence-electron chi connectivity index (χ1n) is 11.2. The molecule has 2 amide bonds. The quantitative estimate of drug-likeness (QED) is 0.378. The van der Waals surface area contributed by atoms with Crippen LogP contribution in [0.2, 0.25) is 0 Å². The molecule has 14 heteroatoms. The van der Waals surface area contributed by atoms with Crippen LogP contribution in [0.15, 0.2) is 29.5 Å². The lowest BCUT2D eigenvalue weighted by molar-refractivity contribution is 0.102. The van der Waals surface area contributed by atoms with Crippen LogP contribution in [0.5, 0.6) is 5.88 Å². The van der Waals surface area contributed by atoms with E-state index in [2.05, 4.69) is 35.3 Å². The van der Waals surface area contributed by atoms with Crippen molar-refractivity contribution in [1.82, 2.24) is 25.0 Å². The summed E-state index contributed by atoms with van der Waals surface area (Å²) < 4.78 is 36.6. The van der Waals surface area contributed by atoms with E-state index < -0.39 is 43.5 Å². The van der Waals surface area contributed by atoms with Gasteiger partial charge < -0.3 is 15.2 Å². The molecule has 0 aromatic carbocycles. The number of amidine groups is 1. The van der Waals surface area contributed by atoms with Crippen molar-refractivity contribution in [2.75, 3.05) is 19.0 Å². The lowest BCUT2D eigenvalue weighted by Crippen LogP contribution is -2.70. The number of fused-ring (bicyclic) bond motifs is 1. The number of methoxy groups -OCH3 is 1. The second kappa shape index (κ2) is 9.17. The second-order valence-electron chi connectivity index (χ2n) is 9.25. The molecule has 0 aliphatic carbocycles. The number of hydrogen-bond acceptors (Lipinski definition) is 8. The van der Waals surface area contributed by atoms with Crippen LogP contribution < -0.4 is 20.1 Å². The van der Waals surface area contributed by atoms with E-state index in [0.29, 0.717) is 19.4 Å². The first-order chi connectivity index (χ1) is 16.9. The molecule has 0 spiro atoms. The molecule has 2 aliphatic rings. The topological polar surface area (TPSA) is 168 Å². The fourth-order valence-corrected chi connectivity index (χ4v) is 8.47. The molecule has 0 radical (unpaired) electrons. The highest BCUT2D eigenvalue weighted by molar-refractivity contribution is 8.04. The Bertz CT molecular complexity index is 1290. The Labute approximate surface area is 207 Å². The molecule has 4 N–H and O–H groups in total. The number of carboxylic acid groups (broad SMARTS) is 1. The molecule has 1 saturated heterocycles. The van der Waals surface area contributed by atoms with E-state index in [1.807, 2.05) is 0 Å². The summed E-state index contributed by atoms with van der Waals surface area (Å²) >= 11 is 0. The number of aromatic nitrogens is 3. The van der Waals surface area contributed by atoms with Gasteiger partial charge in [0.2, 0.25) is 5.88 Å². The average molecular weight is 522 g/mol. The fraction of sp³-hybridized carbons (Fsp3) is 0.455. The molecule has 12 nitrogen and oxygen atoms in total. The minimum Gasteiger partial charge on any atom is -0.480 e. The summed E-state index contributed by atoms with van der Waals surface area (Å²) in [5.74, 6) is -1.16. The molecular formula is C22H28FN7O5S. The monoisotopic (exact) mass is 521 g/mol. The molecule has 194 valence electrons. The van der Waals surface area contributed by atoms with Gasteiger partial charge in [0.05, 0.1) is 29.5 Å². The van der Waals surface area contributed by atoms with Crippen molar-refractivity contribution in [3.63, 3.8) is 0 Å². The van der Waals surface area contributed by atoms with Crippen molar-refractivity contribution < 1.29 is 28.0 Å². The number of halogens is 1. The smallest absolute Gasteiger partial charge is 0.410 e. The van der Waals surface area contributed by atoms with Crippen molar-refractivity contribution in [3.8, 4) is 5.88 Å². The van der Waals surface area contributed by atoms with Gasteiger partial charge in [0.15, 0.2) is 0 Å². The maximum Gasteiger partial charge on any atom is 0.410 e. The minimum atomic E-state index is -3.37. The third kappa shape index (κ3) is 4.19. The molecule has 0 saturated carbocycles. The molecule has 0 unspecified atom stereocenters. The molecule has 1 fully saturated rings. The number of hydrogen-bond donors (Lipinski definition) is 5. The Kier molecular flexibility index (Phi) is 6.51. The largest absolute Gasteiger partial charge is 0.480 e. The molecule has 4 rings (SSSR count). The predicted molar refractivity (Wildman–Crippen MR) is 131 cm³/mol. The number of rotatable bonds is 4. The molecule has 2 aromatic heterocycles. The number of carbonyl (C=O) groups excluding carboxylic acids is 1. The highest BCUT2D eigenvalue weighted by Gasteiger charge is 2.58. The van der Waals surface area contributed by atoms with Gasteiger partial charge in [-0.25, -0.2) is 24.1 Å². The summed E-state index contributed by atoms with van der Waals surface area (Å²) in [6.45, 7) is 5.37. The number of amides is 2. The van der Waals surface area contributed by atoms with Gasteiger partial charge >= 0.3 is 6.09 Å². The SMILES string of the molecule is COc1cnc(C(=O)Nc2ccc(F)c([C@@]3(C)N=C(NC(=O)O)C(C)(C)[SH]4(=O)NCCC[C@H]34)n2)cn1. The zero-order valence-corrected chi connectivity index (χ0v) is 21.1. The third-order valence-electron chi connectivity index (χ3n) is 6.71. The van der Waals surface area contributed by atoms with Crippen molar-refractivity contribution in [1.29, 1.82) is 0 Å². The van der Waals surface area contributed by atoms with Gasteiger partial charge in [-0.15, -0.1) is 0 Å². The zero-order valence-electron chi connectivity index (χ0n) is 20.2. The average Bonchev–Trinajstić information content (AvgIpc) is 2.84. The molecule has 2 aliphatic heterocycles. The number of thiol groups is 1. The summed E-state index contributed by atoms with van der Waals surface area (Å²) in [4.78, 5) is 41.1. The molecule has 2 atom stereocenters. The first-order valence-corrected chi connectivity index (χ1v) is 13.0. The highest BCUT2D eigenvalue weighted by Crippen LogP contribution is 2.48. The summed E-state index contributed by atoms with van der Waals surface area (Å²) in [5.41, 5.74) is -1.66. The van der Waals surface area contributed by atoms with Crippen molar-refractivity contribution >= 4 is 33.8 Å². The van der Waals surface area contributed by atoms with E-state index in [-0.39, 0.29) is 28.9 Å². The van der Waals surface area contributed by atoms with Crippen molar-refractivity contribution in [2.45, 2.75) is 49.1 Å². The number of ether oxygens (including phenoxy) is 1. The Hall–Kier alpha value is -3.52. The predicted octanol–water partition coefficient (Wildman–Crippen LogP) is 1.63. The fourth-order valence-electron chi connectivity index (χ4n) is 4.73. The normalized spacial score (nSPS) is 25.0.